The predicted octanol–water partition coefficient (Wildman–Crippen LogP) is 4.53. The standard InChI is InChI=1S/C13H9ClN4O/c14-10-2-1-3-12(8-10)16-13(19)9-4-6-11(7-5-9)17-18-15/h1-8H,(H,16,19). The second-order valence-corrected chi connectivity index (χ2v) is 4.14. The van der Waals surface area contributed by atoms with E-state index in [1.165, 1.54) is 0 Å². The van der Waals surface area contributed by atoms with E-state index in [0.717, 1.165) is 0 Å². The van der Waals surface area contributed by atoms with Crippen LogP contribution in [0.1, 0.15) is 10.4 Å². The number of anilines is 1. The quantitative estimate of drug-likeness (QED) is 0.497. The minimum absolute atomic E-state index is 0.255. The number of amides is 1. The van der Waals surface area contributed by atoms with Gasteiger partial charge in [-0.25, -0.2) is 0 Å². The zero-order valence-corrected chi connectivity index (χ0v) is 10.5. The summed E-state index contributed by atoms with van der Waals surface area (Å²) < 4.78 is 0. The number of hydrogen-bond donors (Lipinski definition) is 1. The summed E-state index contributed by atoms with van der Waals surface area (Å²) in [5.74, 6) is -0.255. The topological polar surface area (TPSA) is 77.9 Å². The molecule has 0 atom stereocenters. The van der Waals surface area contributed by atoms with Gasteiger partial charge in [-0.2, -0.15) is 0 Å². The van der Waals surface area contributed by atoms with Crippen molar-refractivity contribution in [3.63, 3.8) is 0 Å². The summed E-state index contributed by atoms with van der Waals surface area (Å²) in [7, 11) is 0. The smallest absolute Gasteiger partial charge is 0.255 e. The summed E-state index contributed by atoms with van der Waals surface area (Å²) in [6, 6.07) is 13.2. The lowest BCUT2D eigenvalue weighted by molar-refractivity contribution is 0.102. The predicted molar refractivity (Wildman–Crippen MR) is 74.7 cm³/mol. The average Bonchev–Trinajstić information content (AvgIpc) is 2.40. The number of carbonyl (C=O) groups is 1. The summed E-state index contributed by atoms with van der Waals surface area (Å²) >= 11 is 5.83. The van der Waals surface area contributed by atoms with Crippen LogP contribution in [-0.2, 0) is 0 Å². The Morgan fingerprint density at radius 1 is 1.21 bits per heavy atom. The first kappa shape index (κ1) is 13.0. The summed E-state index contributed by atoms with van der Waals surface area (Å²) in [6.07, 6.45) is 0. The van der Waals surface area contributed by atoms with E-state index >= 15 is 0 Å². The van der Waals surface area contributed by atoms with Crippen LogP contribution in [0.4, 0.5) is 11.4 Å². The van der Waals surface area contributed by atoms with Gasteiger partial charge in [-0.3, -0.25) is 4.79 Å². The molecule has 2 aromatic carbocycles. The molecule has 0 aromatic heterocycles. The Labute approximate surface area is 114 Å². The summed E-state index contributed by atoms with van der Waals surface area (Å²) in [6.45, 7) is 0. The molecule has 6 heteroatoms. The number of halogens is 1. The van der Waals surface area contributed by atoms with E-state index in [1.54, 1.807) is 48.5 Å². The molecular weight excluding hydrogens is 264 g/mol. The molecule has 0 aliphatic carbocycles. The van der Waals surface area contributed by atoms with Crippen LogP contribution in [0, 0.1) is 0 Å². The van der Waals surface area contributed by atoms with Gasteiger partial charge in [0.05, 0.1) is 0 Å². The maximum Gasteiger partial charge on any atom is 0.255 e. The zero-order valence-electron chi connectivity index (χ0n) is 9.75. The summed E-state index contributed by atoms with van der Waals surface area (Å²) in [5.41, 5.74) is 9.84. The summed E-state index contributed by atoms with van der Waals surface area (Å²) in [4.78, 5) is 14.6. The molecule has 19 heavy (non-hydrogen) atoms. The lowest BCUT2D eigenvalue weighted by Crippen LogP contribution is -2.11. The molecule has 1 N–H and O–H groups in total. The van der Waals surface area contributed by atoms with E-state index in [0.29, 0.717) is 22.0 Å². The zero-order chi connectivity index (χ0) is 13.7. The highest BCUT2D eigenvalue weighted by molar-refractivity contribution is 6.30. The first-order valence-electron chi connectivity index (χ1n) is 5.41. The van der Waals surface area contributed by atoms with Gasteiger partial charge in [-0.05, 0) is 35.9 Å². The van der Waals surface area contributed by atoms with Gasteiger partial charge >= 0.3 is 0 Å². The van der Waals surface area contributed by atoms with E-state index < -0.39 is 0 Å². The third-order valence-electron chi connectivity index (χ3n) is 2.37. The minimum atomic E-state index is -0.255. The van der Waals surface area contributed by atoms with Gasteiger partial charge in [0.25, 0.3) is 5.91 Å². The third-order valence-corrected chi connectivity index (χ3v) is 2.61. The first-order valence-corrected chi connectivity index (χ1v) is 5.79. The van der Waals surface area contributed by atoms with Crippen LogP contribution in [0.2, 0.25) is 5.02 Å². The highest BCUT2D eigenvalue weighted by Gasteiger charge is 2.05. The second kappa shape index (κ2) is 5.91. The first-order chi connectivity index (χ1) is 9.19. The van der Waals surface area contributed by atoms with Crippen molar-refractivity contribution in [2.24, 2.45) is 5.11 Å². The molecule has 0 bridgehead atoms. The molecule has 2 aromatic rings. The van der Waals surface area contributed by atoms with Crippen LogP contribution < -0.4 is 5.32 Å². The molecular formula is C13H9ClN4O. The molecule has 0 saturated carbocycles. The monoisotopic (exact) mass is 272 g/mol. The van der Waals surface area contributed by atoms with Crippen molar-refractivity contribution < 1.29 is 4.79 Å². The van der Waals surface area contributed by atoms with Crippen molar-refractivity contribution >= 4 is 28.9 Å². The fourth-order valence-corrected chi connectivity index (χ4v) is 1.69. The maximum atomic E-state index is 11.9. The molecule has 0 aliphatic heterocycles. The Balaban J connectivity index is 2.13. The number of azide groups is 1. The van der Waals surface area contributed by atoms with Crippen molar-refractivity contribution in [3.05, 3.63) is 69.6 Å². The van der Waals surface area contributed by atoms with Crippen molar-refractivity contribution in [1.82, 2.24) is 0 Å². The van der Waals surface area contributed by atoms with E-state index in [9.17, 15) is 4.79 Å². The van der Waals surface area contributed by atoms with Gasteiger partial charge in [0, 0.05) is 26.9 Å². The molecule has 2 rings (SSSR count). The molecule has 0 radical (unpaired) electrons. The van der Waals surface area contributed by atoms with Crippen LogP contribution in [0.25, 0.3) is 10.4 Å². The van der Waals surface area contributed by atoms with Gasteiger partial charge in [-0.15, -0.1) is 0 Å². The number of rotatable bonds is 3. The van der Waals surface area contributed by atoms with Crippen LogP contribution in [0.5, 0.6) is 0 Å². The van der Waals surface area contributed by atoms with Crippen molar-refractivity contribution in [3.8, 4) is 0 Å². The van der Waals surface area contributed by atoms with Crippen LogP contribution in [-0.4, -0.2) is 5.91 Å². The largest absolute Gasteiger partial charge is 0.322 e. The van der Waals surface area contributed by atoms with Gasteiger partial charge in [-0.1, -0.05) is 34.9 Å². The number of carbonyl (C=O) groups excluding carboxylic acids is 1. The lowest BCUT2D eigenvalue weighted by atomic mass is 10.2. The molecule has 0 unspecified atom stereocenters. The Morgan fingerprint density at radius 2 is 1.95 bits per heavy atom. The molecule has 0 saturated heterocycles. The highest BCUT2D eigenvalue weighted by Crippen LogP contribution is 2.17. The normalized spacial score (nSPS) is 9.53. The molecule has 0 aliphatic rings. The molecule has 1 amide bonds. The minimum Gasteiger partial charge on any atom is -0.322 e. The fourth-order valence-electron chi connectivity index (χ4n) is 1.50. The second-order valence-electron chi connectivity index (χ2n) is 3.70. The van der Waals surface area contributed by atoms with Crippen LogP contribution in [0.3, 0.4) is 0 Å². The fraction of sp³-hybridized carbons (Fsp3) is 0. The van der Waals surface area contributed by atoms with E-state index in [2.05, 4.69) is 15.3 Å². The Bertz CT molecular complexity index is 648. The Hall–Kier alpha value is -2.49. The van der Waals surface area contributed by atoms with Crippen molar-refractivity contribution in [2.75, 3.05) is 5.32 Å². The van der Waals surface area contributed by atoms with Gasteiger partial charge in [0.1, 0.15) is 0 Å². The maximum absolute atomic E-state index is 11.9. The van der Waals surface area contributed by atoms with Crippen LogP contribution >= 0.6 is 11.6 Å². The number of nitrogens with zero attached hydrogens (tertiary/aromatic N) is 3. The Morgan fingerprint density at radius 3 is 2.58 bits per heavy atom. The van der Waals surface area contributed by atoms with E-state index in [4.69, 9.17) is 17.1 Å². The number of nitrogens with one attached hydrogen (secondary N) is 1. The molecule has 0 spiro atoms. The molecule has 94 valence electrons. The molecule has 5 nitrogen and oxygen atoms in total. The lowest BCUT2D eigenvalue weighted by Gasteiger charge is -2.05. The van der Waals surface area contributed by atoms with Gasteiger partial charge in [0.15, 0.2) is 0 Å². The van der Waals surface area contributed by atoms with Crippen LogP contribution in [0.15, 0.2) is 53.6 Å². The number of benzene rings is 2. The van der Waals surface area contributed by atoms with E-state index in [1.807, 2.05) is 0 Å². The highest BCUT2D eigenvalue weighted by atomic mass is 35.5. The Kier molecular flexibility index (Phi) is 4.03. The summed E-state index contributed by atoms with van der Waals surface area (Å²) in [5, 5.41) is 6.71. The van der Waals surface area contributed by atoms with Crippen molar-refractivity contribution in [2.45, 2.75) is 0 Å². The molecule has 0 fully saturated rings. The molecule has 0 heterocycles. The SMILES string of the molecule is [N-]=[N+]=Nc1ccc(C(=O)Nc2cccc(Cl)c2)cc1. The van der Waals surface area contributed by atoms with Crippen molar-refractivity contribution in [1.29, 1.82) is 0 Å². The van der Waals surface area contributed by atoms with E-state index in [-0.39, 0.29) is 5.91 Å². The average molecular weight is 273 g/mol. The third kappa shape index (κ3) is 3.48. The van der Waals surface area contributed by atoms with Gasteiger partial charge < -0.3 is 5.32 Å². The number of hydrogen-bond acceptors (Lipinski definition) is 2. The van der Waals surface area contributed by atoms with Gasteiger partial charge in [0.2, 0.25) is 0 Å².